The molecule has 3 rings (SSSR count). The predicted molar refractivity (Wildman–Crippen MR) is 101 cm³/mol. The molecule has 1 aromatic carbocycles. The van der Waals surface area contributed by atoms with Gasteiger partial charge >= 0.3 is 0 Å². The standard InChI is InChI=1S/C18H22N2O4S2/c1-24-15-4-6-17(7-5-15)26(22,23)20-10-8-14(9-11-20)19-18(21)13-16-3-2-12-25-16/h2-7,12,14H,8-11,13H2,1H3,(H,19,21). The van der Waals surface area contributed by atoms with E-state index in [1.54, 1.807) is 42.7 Å². The average molecular weight is 395 g/mol. The Labute approximate surface area is 157 Å². The highest BCUT2D eigenvalue weighted by Crippen LogP contribution is 2.23. The zero-order chi connectivity index (χ0) is 18.6. The highest BCUT2D eigenvalue weighted by Gasteiger charge is 2.29. The lowest BCUT2D eigenvalue weighted by Gasteiger charge is -2.31. The maximum Gasteiger partial charge on any atom is 0.243 e. The van der Waals surface area contributed by atoms with Crippen LogP contribution >= 0.6 is 11.3 Å². The largest absolute Gasteiger partial charge is 0.497 e. The van der Waals surface area contributed by atoms with Gasteiger partial charge in [0.15, 0.2) is 0 Å². The molecule has 8 heteroatoms. The van der Waals surface area contributed by atoms with Crippen LogP contribution in [0.25, 0.3) is 0 Å². The molecule has 1 aliphatic heterocycles. The first kappa shape index (κ1) is 18.9. The number of ether oxygens (including phenoxy) is 1. The van der Waals surface area contributed by atoms with E-state index in [-0.39, 0.29) is 16.8 Å². The monoisotopic (exact) mass is 394 g/mol. The molecule has 0 atom stereocenters. The number of thiophene rings is 1. The van der Waals surface area contributed by atoms with Crippen LogP contribution in [0.15, 0.2) is 46.7 Å². The summed E-state index contributed by atoms with van der Waals surface area (Å²) in [5.41, 5.74) is 0. The van der Waals surface area contributed by atoms with Crippen LogP contribution in [0.4, 0.5) is 0 Å². The number of amides is 1. The summed E-state index contributed by atoms with van der Waals surface area (Å²) in [6, 6.07) is 10.3. The van der Waals surface area contributed by atoms with Gasteiger partial charge < -0.3 is 10.1 Å². The van der Waals surface area contributed by atoms with Gasteiger partial charge in [0.05, 0.1) is 18.4 Å². The fourth-order valence-electron chi connectivity index (χ4n) is 2.99. The third-order valence-electron chi connectivity index (χ3n) is 4.43. The smallest absolute Gasteiger partial charge is 0.243 e. The normalized spacial score (nSPS) is 16.3. The molecule has 0 bridgehead atoms. The van der Waals surface area contributed by atoms with Crippen molar-refractivity contribution in [1.82, 2.24) is 9.62 Å². The van der Waals surface area contributed by atoms with Crippen molar-refractivity contribution in [3.8, 4) is 5.75 Å². The van der Waals surface area contributed by atoms with Crippen molar-refractivity contribution in [2.24, 2.45) is 0 Å². The summed E-state index contributed by atoms with van der Waals surface area (Å²) in [4.78, 5) is 13.4. The Balaban J connectivity index is 1.54. The molecule has 140 valence electrons. The fourth-order valence-corrected chi connectivity index (χ4v) is 5.16. The Morgan fingerprint density at radius 3 is 2.50 bits per heavy atom. The molecule has 0 spiro atoms. The number of benzene rings is 1. The van der Waals surface area contributed by atoms with Crippen LogP contribution in [0.3, 0.4) is 0 Å². The third-order valence-corrected chi connectivity index (χ3v) is 7.22. The first-order valence-corrected chi connectivity index (χ1v) is 10.8. The van der Waals surface area contributed by atoms with Crippen molar-refractivity contribution in [1.29, 1.82) is 0 Å². The minimum Gasteiger partial charge on any atom is -0.497 e. The molecule has 1 fully saturated rings. The minimum absolute atomic E-state index is 0.0103. The number of nitrogens with zero attached hydrogens (tertiary/aromatic N) is 1. The van der Waals surface area contributed by atoms with Gasteiger partial charge in [0.2, 0.25) is 15.9 Å². The van der Waals surface area contributed by atoms with Gasteiger partial charge in [-0.15, -0.1) is 11.3 Å². The second-order valence-electron chi connectivity index (χ2n) is 6.18. The van der Waals surface area contributed by atoms with Crippen LogP contribution in [0.2, 0.25) is 0 Å². The van der Waals surface area contributed by atoms with Crippen molar-refractivity contribution in [2.75, 3.05) is 20.2 Å². The first-order chi connectivity index (χ1) is 12.5. The van der Waals surface area contributed by atoms with E-state index in [1.807, 2.05) is 17.5 Å². The number of carbonyl (C=O) groups is 1. The van der Waals surface area contributed by atoms with Gasteiger partial charge in [-0.3, -0.25) is 4.79 Å². The number of nitrogens with one attached hydrogen (secondary N) is 1. The van der Waals surface area contributed by atoms with Crippen molar-refractivity contribution in [3.63, 3.8) is 0 Å². The quantitative estimate of drug-likeness (QED) is 0.816. The molecule has 0 aliphatic carbocycles. The zero-order valence-corrected chi connectivity index (χ0v) is 16.2. The fraction of sp³-hybridized carbons (Fsp3) is 0.389. The van der Waals surface area contributed by atoms with Crippen LogP contribution < -0.4 is 10.1 Å². The van der Waals surface area contributed by atoms with Crippen molar-refractivity contribution < 1.29 is 17.9 Å². The summed E-state index contributed by atoms with van der Waals surface area (Å²) in [5.74, 6) is 0.611. The lowest BCUT2D eigenvalue weighted by molar-refractivity contribution is -0.121. The first-order valence-electron chi connectivity index (χ1n) is 8.45. The summed E-state index contributed by atoms with van der Waals surface area (Å²) in [7, 11) is -1.97. The highest BCUT2D eigenvalue weighted by atomic mass is 32.2. The van der Waals surface area contributed by atoms with Crippen molar-refractivity contribution >= 4 is 27.3 Å². The molecule has 26 heavy (non-hydrogen) atoms. The van der Waals surface area contributed by atoms with E-state index >= 15 is 0 Å². The minimum atomic E-state index is -3.51. The molecule has 0 unspecified atom stereocenters. The van der Waals surface area contributed by atoms with Gasteiger partial charge in [0.1, 0.15) is 5.75 Å². The Bertz CT molecular complexity index is 825. The lowest BCUT2D eigenvalue weighted by atomic mass is 10.1. The molecule has 1 amide bonds. The van der Waals surface area contributed by atoms with Gasteiger partial charge in [0.25, 0.3) is 0 Å². The maximum absolute atomic E-state index is 12.7. The highest BCUT2D eigenvalue weighted by molar-refractivity contribution is 7.89. The van der Waals surface area contributed by atoms with Gasteiger partial charge in [0, 0.05) is 24.0 Å². The molecule has 0 saturated carbocycles. The molecule has 0 radical (unpaired) electrons. The molecular weight excluding hydrogens is 372 g/mol. The third kappa shape index (κ3) is 4.44. The Hall–Kier alpha value is -1.90. The SMILES string of the molecule is COc1ccc(S(=O)(=O)N2CCC(NC(=O)Cc3cccs3)CC2)cc1. The summed E-state index contributed by atoms with van der Waals surface area (Å²) in [5, 5.41) is 4.96. The lowest BCUT2D eigenvalue weighted by Crippen LogP contribution is -2.46. The second-order valence-corrected chi connectivity index (χ2v) is 9.15. The predicted octanol–water partition coefficient (Wildman–Crippen LogP) is 2.27. The molecule has 1 saturated heterocycles. The molecule has 1 aromatic heterocycles. The van der Waals surface area contributed by atoms with Crippen LogP contribution in [-0.4, -0.2) is 44.9 Å². The number of piperidine rings is 1. The topological polar surface area (TPSA) is 75.7 Å². The van der Waals surface area contributed by atoms with E-state index in [0.29, 0.717) is 38.1 Å². The molecule has 1 N–H and O–H groups in total. The van der Waals surface area contributed by atoms with Crippen LogP contribution in [0, 0.1) is 0 Å². The van der Waals surface area contributed by atoms with Crippen LogP contribution in [0.1, 0.15) is 17.7 Å². The Morgan fingerprint density at radius 1 is 1.23 bits per heavy atom. The maximum atomic E-state index is 12.7. The summed E-state index contributed by atoms with van der Waals surface area (Å²) in [6.45, 7) is 0.802. The average Bonchev–Trinajstić information content (AvgIpc) is 3.15. The van der Waals surface area contributed by atoms with Gasteiger partial charge in [-0.05, 0) is 48.6 Å². The number of methoxy groups -OCH3 is 1. The number of hydrogen-bond acceptors (Lipinski definition) is 5. The van der Waals surface area contributed by atoms with Gasteiger partial charge in [-0.25, -0.2) is 8.42 Å². The zero-order valence-electron chi connectivity index (χ0n) is 14.6. The van der Waals surface area contributed by atoms with Crippen molar-refractivity contribution in [2.45, 2.75) is 30.2 Å². The van der Waals surface area contributed by atoms with Crippen molar-refractivity contribution in [3.05, 3.63) is 46.7 Å². The molecule has 6 nitrogen and oxygen atoms in total. The summed E-state index contributed by atoms with van der Waals surface area (Å²) < 4.78 is 32.0. The van der Waals surface area contributed by atoms with E-state index in [4.69, 9.17) is 4.74 Å². The number of rotatable bonds is 6. The number of sulfonamides is 1. The van der Waals surface area contributed by atoms with Crippen LogP contribution in [-0.2, 0) is 21.2 Å². The Morgan fingerprint density at radius 2 is 1.92 bits per heavy atom. The summed E-state index contributed by atoms with van der Waals surface area (Å²) in [6.07, 6.45) is 1.61. The van der Waals surface area contributed by atoms with E-state index in [0.717, 1.165) is 4.88 Å². The van der Waals surface area contributed by atoms with E-state index in [1.165, 1.54) is 4.31 Å². The van der Waals surface area contributed by atoms with E-state index < -0.39 is 10.0 Å². The molecule has 2 aromatic rings. The van der Waals surface area contributed by atoms with Gasteiger partial charge in [-0.2, -0.15) is 4.31 Å². The van der Waals surface area contributed by atoms with E-state index in [9.17, 15) is 13.2 Å². The molecule has 1 aliphatic rings. The molecule has 2 heterocycles. The second kappa shape index (κ2) is 8.20. The van der Waals surface area contributed by atoms with Gasteiger partial charge in [-0.1, -0.05) is 6.07 Å². The van der Waals surface area contributed by atoms with Crippen LogP contribution in [0.5, 0.6) is 5.75 Å². The number of carbonyl (C=O) groups excluding carboxylic acids is 1. The van der Waals surface area contributed by atoms with E-state index in [2.05, 4.69) is 5.32 Å². The molecular formula is C18H22N2O4S2. The Kier molecular flexibility index (Phi) is 5.95. The number of hydrogen-bond donors (Lipinski definition) is 1. The summed E-state index contributed by atoms with van der Waals surface area (Å²) >= 11 is 1.56.